The third-order valence-corrected chi connectivity index (χ3v) is 7.14. The van der Waals surface area contributed by atoms with Crippen LogP contribution in [0.1, 0.15) is 37.1 Å². The van der Waals surface area contributed by atoms with Crippen molar-refractivity contribution >= 4 is 34.2 Å². The standard InChI is InChI=1S/C26H27Cl2N3O4/c1-2-25-29-30-26(35-25)24-13-19-22(4-3-5-23(19)34-24)33-15-18(32)14-31-10-8-16(9-11-31)17-6-7-20(27)21(28)12-17/h3-7,12-13,16,18,32H,2,8-11,14-15H2,1H3. The zero-order valence-corrected chi connectivity index (χ0v) is 20.9. The topological polar surface area (TPSA) is 84.8 Å². The van der Waals surface area contributed by atoms with Crippen molar-refractivity contribution in [3.8, 4) is 17.4 Å². The molecule has 184 valence electrons. The van der Waals surface area contributed by atoms with Gasteiger partial charge in [0, 0.05) is 19.0 Å². The number of rotatable bonds is 8. The highest BCUT2D eigenvalue weighted by atomic mass is 35.5. The molecule has 0 radical (unpaired) electrons. The van der Waals surface area contributed by atoms with Crippen molar-refractivity contribution in [1.82, 2.24) is 15.1 Å². The highest BCUT2D eigenvalue weighted by molar-refractivity contribution is 6.42. The molecule has 2 aromatic heterocycles. The van der Waals surface area contributed by atoms with E-state index in [2.05, 4.69) is 21.2 Å². The molecule has 5 rings (SSSR count). The van der Waals surface area contributed by atoms with Crippen molar-refractivity contribution in [3.63, 3.8) is 0 Å². The number of aromatic nitrogens is 2. The van der Waals surface area contributed by atoms with E-state index in [9.17, 15) is 5.11 Å². The van der Waals surface area contributed by atoms with Crippen molar-refractivity contribution in [2.45, 2.75) is 38.2 Å². The van der Waals surface area contributed by atoms with Crippen molar-refractivity contribution in [3.05, 3.63) is 64.0 Å². The van der Waals surface area contributed by atoms with E-state index < -0.39 is 6.10 Å². The van der Waals surface area contributed by atoms with Crippen molar-refractivity contribution in [2.24, 2.45) is 0 Å². The van der Waals surface area contributed by atoms with E-state index in [1.165, 1.54) is 5.56 Å². The summed E-state index contributed by atoms with van der Waals surface area (Å²) in [7, 11) is 0. The van der Waals surface area contributed by atoms with Crippen LogP contribution < -0.4 is 4.74 Å². The van der Waals surface area contributed by atoms with E-state index in [1.54, 1.807) is 0 Å². The Morgan fingerprint density at radius 1 is 1.09 bits per heavy atom. The first-order chi connectivity index (χ1) is 17.0. The Bertz CT molecular complexity index is 1300. The molecule has 3 heterocycles. The highest BCUT2D eigenvalue weighted by Crippen LogP contribution is 2.34. The number of nitrogens with zero attached hydrogens (tertiary/aromatic N) is 3. The van der Waals surface area contributed by atoms with Crippen LogP contribution in [0.5, 0.6) is 5.75 Å². The number of piperidine rings is 1. The van der Waals surface area contributed by atoms with Crippen molar-refractivity contribution in [1.29, 1.82) is 0 Å². The number of benzene rings is 2. The van der Waals surface area contributed by atoms with Crippen molar-refractivity contribution < 1.29 is 18.7 Å². The predicted octanol–water partition coefficient (Wildman–Crippen LogP) is 5.97. The first-order valence-corrected chi connectivity index (χ1v) is 12.6. The van der Waals surface area contributed by atoms with Gasteiger partial charge in [-0.3, -0.25) is 0 Å². The Balaban J connectivity index is 1.16. The van der Waals surface area contributed by atoms with Crippen LogP contribution in [-0.2, 0) is 6.42 Å². The molecule has 0 amide bonds. The molecule has 2 aromatic carbocycles. The minimum atomic E-state index is -0.610. The molecule has 7 nitrogen and oxygen atoms in total. The van der Waals surface area contributed by atoms with Crippen LogP contribution in [0.4, 0.5) is 0 Å². The largest absolute Gasteiger partial charge is 0.490 e. The van der Waals surface area contributed by atoms with Crippen LogP contribution in [-0.4, -0.2) is 52.5 Å². The maximum absolute atomic E-state index is 10.6. The lowest BCUT2D eigenvalue weighted by atomic mass is 9.89. The number of aliphatic hydroxyl groups is 1. The Hall–Kier alpha value is -2.58. The molecule has 4 aromatic rings. The molecular formula is C26H27Cl2N3O4. The Labute approximate surface area is 213 Å². The number of hydrogen-bond acceptors (Lipinski definition) is 7. The molecule has 0 bridgehead atoms. The molecule has 1 aliphatic rings. The van der Waals surface area contributed by atoms with Gasteiger partial charge in [0.2, 0.25) is 5.89 Å². The number of aliphatic hydroxyl groups excluding tert-OH is 1. The SMILES string of the molecule is CCc1nnc(-c2cc3c(OCC(O)CN4CCC(c5ccc(Cl)c(Cl)c5)CC4)cccc3o2)o1. The molecule has 35 heavy (non-hydrogen) atoms. The number of furan rings is 1. The fourth-order valence-corrected chi connectivity index (χ4v) is 4.82. The number of halogens is 2. The van der Waals surface area contributed by atoms with Crippen molar-refractivity contribution in [2.75, 3.05) is 26.2 Å². The normalized spacial score (nSPS) is 16.1. The molecule has 0 aliphatic carbocycles. The minimum Gasteiger partial charge on any atom is -0.490 e. The average molecular weight is 516 g/mol. The van der Waals surface area contributed by atoms with Gasteiger partial charge >= 0.3 is 0 Å². The summed E-state index contributed by atoms with van der Waals surface area (Å²) in [5, 5.41) is 20.7. The molecule has 1 N–H and O–H groups in total. The molecule has 0 saturated carbocycles. The van der Waals surface area contributed by atoms with Gasteiger partial charge in [-0.2, -0.15) is 0 Å². The number of ether oxygens (including phenoxy) is 1. The fourth-order valence-electron chi connectivity index (χ4n) is 4.51. The maximum atomic E-state index is 10.6. The summed E-state index contributed by atoms with van der Waals surface area (Å²) >= 11 is 12.2. The van der Waals surface area contributed by atoms with Gasteiger partial charge in [0.1, 0.15) is 24.0 Å². The van der Waals surface area contributed by atoms with Gasteiger partial charge in [0.05, 0.1) is 15.4 Å². The van der Waals surface area contributed by atoms with Crippen LogP contribution in [0.25, 0.3) is 22.6 Å². The van der Waals surface area contributed by atoms with Crippen LogP contribution in [0.15, 0.2) is 51.3 Å². The van der Waals surface area contributed by atoms with E-state index in [-0.39, 0.29) is 6.61 Å². The fraction of sp³-hybridized carbons (Fsp3) is 0.385. The summed E-state index contributed by atoms with van der Waals surface area (Å²) in [5.74, 6) is 2.49. The van der Waals surface area contributed by atoms with Gasteiger partial charge in [0.25, 0.3) is 5.89 Å². The smallest absolute Gasteiger partial charge is 0.283 e. The molecule has 9 heteroatoms. The lowest BCUT2D eigenvalue weighted by molar-refractivity contribution is 0.0599. The Morgan fingerprint density at radius 2 is 1.91 bits per heavy atom. The van der Waals surface area contributed by atoms with Crippen LogP contribution in [0, 0.1) is 0 Å². The zero-order chi connectivity index (χ0) is 24.4. The summed E-state index contributed by atoms with van der Waals surface area (Å²) in [4.78, 5) is 2.28. The molecule has 1 unspecified atom stereocenters. The third-order valence-electron chi connectivity index (χ3n) is 6.40. The van der Waals surface area contributed by atoms with Gasteiger partial charge in [-0.25, -0.2) is 0 Å². The van der Waals surface area contributed by atoms with Gasteiger partial charge in [-0.05, 0) is 61.7 Å². The maximum Gasteiger partial charge on any atom is 0.283 e. The Morgan fingerprint density at radius 3 is 2.66 bits per heavy atom. The highest BCUT2D eigenvalue weighted by Gasteiger charge is 2.23. The van der Waals surface area contributed by atoms with Gasteiger partial charge in [0.15, 0.2) is 5.76 Å². The van der Waals surface area contributed by atoms with Gasteiger partial charge in [-0.15, -0.1) is 10.2 Å². The minimum absolute atomic E-state index is 0.187. The average Bonchev–Trinajstić information content (AvgIpc) is 3.52. The molecule has 0 spiro atoms. The summed E-state index contributed by atoms with van der Waals surface area (Å²) in [6.07, 6.45) is 2.07. The number of aryl methyl sites for hydroxylation is 1. The summed E-state index contributed by atoms with van der Waals surface area (Å²) in [6.45, 7) is 4.51. The van der Waals surface area contributed by atoms with Gasteiger partial charge < -0.3 is 23.6 Å². The van der Waals surface area contributed by atoms with E-state index in [1.807, 2.05) is 43.3 Å². The molecule has 1 saturated heterocycles. The monoisotopic (exact) mass is 515 g/mol. The molecule has 1 aliphatic heterocycles. The number of fused-ring (bicyclic) bond motifs is 1. The van der Waals surface area contributed by atoms with Crippen LogP contribution >= 0.6 is 23.2 Å². The quantitative estimate of drug-likeness (QED) is 0.309. The Kier molecular flexibility index (Phi) is 7.29. The second-order valence-corrected chi connectivity index (χ2v) is 9.66. The predicted molar refractivity (Wildman–Crippen MR) is 135 cm³/mol. The second kappa shape index (κ2) is 10.6. The van der Waals surface area contributed by atoms with E-state index >= 15 is 0 Å². The van der Waals surface area contributed by atoms with E-state index in [0.29, 0.717) is 57.8 Å². The summed E-state index contributed by atoms with van der Waals surface area (Å²) in [5.41, 5.74) is 1.88. The van der Waals surface area contributed by atoms with Crippen LogP contribution in [0.3, 0.4) is 0 Å². The summed E-state index contributed by atoms with van der Waals surface area (Å²) < 4.78 is 17.5. The first-order valence-electron chi connectivity index (χ1n) is 11.8. The van der Waals surface area contributed by atoms with Gasteiger partial charge in [-0.1, -0.05) is 42.3 Å². The molecule has 1 atom stereocenters. The number of β-amino-alcohol motifs (C(OH)–C–C–N with tert-alkyl or cyclic N) is 1. The first kappa shape index (κ1) is 24.1. The number of hydrogen-bond donors (Lipinski definition) is 1. The molecule has 1 fully saturated rings. The second-order valence-electron chi connectivity index (χ2n) is 8.85. The number of likely N-dealkylation sites (tertiary alicyclic amines) is 1. The zero-order valence-electron chi connectivity index (χ0n) is 19.4. The van der Waals surface area contributed by atoms with E-state index in [4.69, 9.17) is 36.8 Å². The lowest BCUT2D eigenvalue weighted by Gasteiger charge is -2.33. The molecular weight excluding hydrogens is 489 g/mol. The summed E-state index contributed by atoms with van der Waals surface area (Å²) in [6, 6.07) is 13.3. The van der Waals surface area contributed by atoms with Crippen LogP contribution in [0.2, 0.25) is 10.0 Å². The lowest BCUT2D eigenvalue weighted by Crippen LogP contribution is -2.40. The van der Waals surface area contributed by atoms with E-state index in [0.717, 1.165) is 31.3 Å². The third kappa shape index (κ3) is 5.48.